The zero-order chi connectivity index (χ0) is 17.2. The highest BCUT2D eigenvalue weighted by atomic mass is 16.5. The highest BCUT2D eigenvalue weighted by molar-refractivity contribution is 6.13. The molecular formula is C21H18N2O2. The molecule has 0 bridgehead atoms. The van der Waals surface area contributed by atoms with Gasteiger partial charge in [0.15, 0.2) is 5.78 Å². The number of ketones is 1. The van der Waals surface area contributed by atoms with Gasteiger partial charge in [0.1, 0.15) is 5.75 Å². The molecule has 0 atom stereocenters. The number of aryl methyl sites for hydroxylation is 1. The molecule has 124 valence electrons. The van der Waals surface area contributed by atoms with Crippen LogP contribution in [0.25, 0.3) is 11.8 Å². The minimum atomic E-state index is 0.0485. The molecule has 0 amide bonds. The van der Waals surface area contributed by atoms with Crippen LogP contribution in [0.5, 0.6) is 5.75 Å². The van der Waals surface area contributed by atoms with Gasteiger partial charge in [-0.1, -0.05) is 24.3 Å². The summed E-state index contributed by atoms with van der Waals surface area (Å²) in [6.45, 7) is 2.48. The Kier molecular flexibility index (Phi) is 3.94. The van der Waals surface area contributed by atoms with Crippen molar-refractivity contribution in [1.82, 2.24) is 9.78 Å². The Bertz CT molecular complexity index is 939. The molecular weight excluding hydrogens is 312 g/mol. The van der Waals surface area contributed by atoms with Crippen molar-refractivity contribution >= 4 is 11.9 Å². The minimum absolute atomic E-state index is 0.0485. The lowest BCUT2D eigenvalue weighted by atomic mass is 9.98. The number of fused-ring (bicyclic) bond motifs is 1. The van der Waals surface area contributed by atoms with Gasteiger partial charge in [0.05, 0.1) is 17.9 Å². The van der Waals surface area contributed by atoms with E-state index >= 15 is 0 Å². The summed E-state index contributed by atoms with van der Waals surface area (Å²) in [4.78, 5) is 12.9. The molecule has 1 aliphatic heterocycles. The number of benzene rings is 2. The average molecular weight is 330 g/mol. The minimum Gasteiger partial charge on any atom is -0.492 e. The highest BCUT2D eigenvalue weighted by Crippen LogP contribution is 2.30. The van der Waals surface area contributed by atoms with Gasteiger partial charge in [0, 0.05) is 24.4 Å². The third-order valence-electron chi connectivity index (χ3n) is 4.37. The van der Waals surface area contributed by atoms with Gasteiger partial charge in [-0.15, -0.1) is 0 Å². The van der Waals surface area contributed by atoms with E-state index in [0.29, 0.717) is 24.3 Å². The highest BCUT2D eigenvalue weighted by Gasteiger charge is 2.22. The Hall–Kier alpha value is -3.14. The van der Waals surface area contributed by atoms with Crippen molar-refractivity contribution in [2.24, 2.45) is 0 Å². The molecule has 4 nitrogen and oxygen atoms in total. The van der Waals surface area contributed by atoms with Crippen LogP contribution in [0.1, 0.15) is 27.9 Å². The smallest absolute Gasteiger partial charge is 0.192 e. The molecule has 4 heteroatoms. The molecule has 0 saturated carbocycles. The third-order valence-corrected chi connectivity index (χ3v) is 4.37. The molecule has 2 heterocycles. The van der Waals surface area contributed by atoms with Crippen LogP contribution >= 0.6 is 0 Å². The molecule has 4 rings (SSSR count). The predicted molar refractivity (Wildman–Crippen MR) is 97.2 cm³/mol. The Balaban J connectivity index is 1.66. The van der Waals surface area contributed by atoms with Crippen molar-refractivity contribution < 1.29 is 9.53 Å². The Labute approximate surface area is 146 Å². The van der Waals surface area contributed by atoms with Crippen LogP contribution in [-0.2, 0) is 0 Å². The first-order valence-electron chi connectivity index (χ1n) is 8.30. The average Bonchev–Trinajstić information content (AvgIpc) is 3.11. The topological polar surface area (TPSA) is 44.1 Å². The van der Waals surface area contributed by atoms with Crippen molar-refractivity contribution in [2.45, 2.75) is 13.3 Å². The molecule has 0 aliphatic carbocycles. The molecule has 1 aliphatic rings. The van der Waals surface area contributed by atoms with E-state index in [4.69, 9.17) is 4.74 Å². The third kappa shape index (κ3) is 2.98. The van der Waals surface area contributed by atoms with E-state index in [9.17, 15) is 4.79 Å². The number of nitrogens with zero attached hydrogens (tertiary/aromatic N) is 2. The second kappa shape index (κ2) is 6.40. The van der Waals surface area contributed by atoms with Crippen LogP contribution in [0.4, 0.5) is 0 Å². The van der Waals surface area contributed by atoms with Gasteiger partial charge in [0.25, 0.3) is 0 Å². The maximum Gasteiger partial charge on any atom is 0.192 e. The number of para-hydroxylation sites is 1. The lowest BCUT2D eigenvalue weighted by molar-refractivity contribution is 0.103. The van der Waals surface area contributed by atoms with Crippen molar-refractivity contribution in [3.8, 4) is 11.4 Å². The summed E-state index contributed by atoms with van der Waals surface area (Å²) in [6, 6.07) is 15.6. The predicted octanol–water partition coefficient (Wildman–Crippen LogP) is 4.23. The summed E-state index contributed by atoms with van der Waals surface area (Å²) in [5, 5.41) is 4.22. The van der Waals surface area contributed by atoms with E-state index in [2.05, 4.69) is 5.10 Å². The van der Waals surface area contributed by atoms with Crippen LogP contribution in [-0.4, -0.2) is 22.2 Å². The van der Waals surface area contributed by atoms with E-state index in [1.54, 1.807) is 10.9 Å². The molecule has 3 aromatic rings. The van der Waals surface area contributed by atoms with Gasteiger partial charge < -0.3 is 4.74 Å². The van der Waals surface area contributed by atoms with E-state index in [1.165, 1.54) is 0 Å². The number of ether oxygens (including phenoxy) is 1. The van der Waals surface area contributed by atoms with Crippen molar-refractivity contribution in [1.29, 1.82) is 0 Å². The fourth-order valence-electron chi connectivity index (χ4n) is 3.06. The molecule has 1 aromatic heterocycles. The normalized spacial score (nSPS) is 15.6. The largest absolute Gasteiger partial charge is 0.492 e. The van der Waals surface area contributed by atoms with Crippen LogP contribution in [0.3, 0.4) is 0 Å². The molecule has 0 fully saturated rings. The Morgan fingerprint density at radius 1 is 1.12 bits per heavy atom. The molecule has 0 spiro atoms. The summed E-state index contributed by atoms with van der Waals surface area (Å²) in [6.07, 6.45) is 6.21. The van der Waals surface area contributed by atoms with Crippen molar-refractivity contribution in [3.63, 3.8) is 0 Å². The van der Waals surface area contributed by atoms with Gasteiger partial charge >= 0.3 is 0 Å². The molecule has 0 unspecified atom stereocenters. The van der Waals surface area contributed by atoms with Gasteiger partial charge in [-0.3, -0.25) is 4.79 Å². The van der Waals surface area contributed by atoms with Gasteiger partial charge in [-0.2, -0.15) is 5.10 Å². The van der Waals surface area contributed by atoms with E-state index in [0.717, 1.165) is 22.4 Å². The van der Waals surface area contributed by atoms with Crippen LogP contribution in [0.15, 0.2) is 66.5 Å². The maximum absolute atomic E-state index is 12.9. The first-order chi connectivity index (χ1) is 12.2. The maximum atomic E-state index is 12.9. The number of hydrogen-bond donors (Lipinski definition) is 0. The first-order valence-corrected chi connectivity index (χ1v) is 8.30. The van der Waals surface area contributed by atoms with Gasteiger partial charge in [-0.25, -0.2) is 4.68 Å². The van der Waals surface area contributed by atoms with Crippen LogP contribution in [0.2, 0.25) is 0 Å². The second-order valence-electron chi connectivity index (χ2n) is 6.09. The lowest BCUT2D eigenvalue weighted by Gasteiger charge is -2.08. The van der Waals surface area contributed by atoms with E-state index < -0.39 is 0 Å². The van der Waals surface area contributed by atoms with Gasteiger partial charge in [0.2, 0.25) is 0 Å². The molecule has 0 N–H and O–H groups in total. The van der Waals surface area contributed by atoms with Crippen LogP contribution < -0.4 is 4.74 Å². The number of Topliss-reactive ketones (excluding diaryl/α,β-unsaturated/α-hetero) is 1. The quantitative estimate of drug-likeness (QED) is 0.661. The Morgan fingerprint density at radius 3 is 2.72 bits per heavy atom. The number of rotatable bonds is 2. The standard InChI is InChI=1S/C21H18N2O2/c1-15-4-2-5-19-20(24)17(10-13-25-21(15)19)14-16-6-8-18(9-7-16)23-12-3-11-22-23/h2-9,11-12,14H,10,13H2,1H3/b17-14+. The number of carbonyl (C=O) groups excluding carboxylic acids is 1. The molecule has 25 heavy (non-hydrogen) atoms. The van der Waals surface area contributed by atoms with E-state index in [-0.39, 0.29) is 5.78 Å². The first kappa shape index (κ1) is 15.4. The monoisotopic (exact) mass is 330 g/mol. The summed E-state index contributed by atoms with van der Waals surface area (Å²) >= 11 is 0. The van der Waals surface area contributed by atoms with Crippen LogP contribution in [0, 0.1) is 6.92 Å². The molecule has 2 aromatic carbocycles. The van der Waals surface area contributed by atoms with Crippen molar-refractivity contribution in [2.75, 3.05) is 6.61 Å². The number of carbonyl (C=O) groups is 1. The summed E-state index contributed by atoms with van der Waals surface area (Å²) in [7, 11) is 0. The van der Waals surface area contributed by atoms with E-state index in [1.807, 2.05) is 67.7 Å². The zero-order valence-corrected chi connectivity index (χ0v) is 14.0. The SMILES string of the molecule is Cc1cccc2c1OCC/C(=C\c1ccc(-n3cccn3)cc1)C2=O. The molecule has 0 saturated heterocycles. The molecule has 0 radical (unpaired) electrons. The fourth-order valence-corrected chi connectivity index (χ4v) is 3.06. The number of aromatic nitrogens is 2. The van der Waals surface area contributed by atoms with Crippen molar-refractivity contribution in [3.05, 3.63) is 83.2 Å². The zero-order valence-electron chi connectivity index (χ0n) is 14.0. The second-order valence-corrected chi connectivity index (χ2v) is 6.09. The van der Waals surface area contributed by atoms with Gasteiger partial charge in [-0.05, 0) is 48.4 Å². The number of hydrogen-bond acceptors (Lipinski definition) is 3. The summed E-state index contributed by atoms with van der Waals surface area (Å²) in [5.74, 6) is 0.761. The summed E-state index contributed by atoms with van der Waals surface area (Å²) < 4.78 is 7.62. The summed E-state index contributed by atoms with van der Waals surface area (Å²) in [5.41, 5.74) is 4.41. The fraction of sp³-hybridized carbons (Fsp3) is 0.143. The Morgan fingerprint density at radius 2 is 1.96 bits per heavy atom. The lowest BCUT2D eigenvalue weighted by Crippen LogP contribution is -2.02.